The lowest BCUT2D eigenvalue weighted by Gasteiger charge is -2.42. The van der Waals surface area contributed by atoms with E-state index < -0.39 is 34.6 Å². The maximum absolute atomic E-state index is 14.7. The molecule has 3 saturated heterocycles. The van der Waals surface area contributed by atoms with Crippen molar-refractivity contribution in [2.75, 3.05) is 42.6 Å². The minimum absolute atomic E-state index is 0.0191. The number of ether oxygens (including phenoxy) is 1. The molecular formula is C31H43N3O5S. The van der Waals surface area contributed by atoms with Crippen molar-refractivity contribution >= 4 is 40.9 Å². The van der Waals surface area contributed by atoms with Gasteiger partial charge in [0.1, 0.15) is 12.6 Å². The van der Waals surface area contributed by atoms with E-state index >= 15 is 0 Å². The van der Waals surface area contributed by atoms with E-state index in [4.69, 9.17) is 4.74 Å². The molecule has 9 heteroatoms. The standard InChI is InChI=1S/C31H43N3O5S/c1-7-16-33(23-14-12-22(13-15-23)32(10-4)11-5)29(37)27-31-20(6)18-24(40-31)25(30(38)39-17-8-2)26(31)28(36)34(27)21(9-3)19-35/h7-8,12-15,20-21,24-27,35H,1-2,9-11,16-19H2,3-6H3/t20?,21-,24+,25-,26-,27?,31?/m0/s1. The van der Waals surface area contributed by atoms with Crippen molar-refractivity contribution in [3.05, 3.63) is 49.6 Å². The minimum atomic E-state index is -0.827. The van der Waals surface area contributed by atoms with Crippen LogP contribution in [0, 0.1) is 17.8 Å². The van der Waals surface area contributed by atoms with Gasteiger partial charge in [-0.05, 0) is 56.9 Å². The average Bonchev–Trinajstić information content (AvgIpc) is 3.56. The first-order chi connectivity index (χ1) is 19.2. The molecule has 3 aliphatic rings. The number of likely N-dealkylation sites (tertiary alicyclic amines) is 1. The number of aliphatic hydroxyl groups is 1. The van der Waals surface area contributed by atoms with Crippen LogP contribution in [0.1, 0.15) is 40.5 Å². The Bertz CT molecular complexity index is 1120. The largest absolute Gasteiger partial charge is 0.461 e. The van der Waals surface area contributed by atoms with Crippen LogP contribution in [-0.4, -0.2) is 82.7 Å². The Hall–Kier alpha value is -2.78. The topological polar surface area (TPSA) is 90.4 Å². The van der Waals surface area contributed by atoms with Crippen LogP contribution in [-0.2, 0) is 19.1 Å². The molecule has 2 amide bonds. The molecule has 3 unspecified atom stereocenters. The van der Waals surface area contributed by atoms with Crippen LogP contribution in [0.4, 0.5) is 11.4 Å². The van der Waals surface area contributed by atoms with Crippen molar-refractivity contribution in [1.82, 2.24) is 4.90 Å². The highest BCUT2D eigenvalue weighted by Gasteiger charge is 2.77. The summed E-state index contributed by atoms with van der Waals surface area (Å²) in [7, 11) is 0. The van der Waals surface area contributed by atoms with Crippen LogP contribution >= 0.6 is 11.8 Å². The molecule has 8 nitrogen and oxygen atoms in total. The Morgan fingerprint density at radius 3 is 2.38 bits per heavy atom. The normalized spacial score (nSPS) is 29.2. The predicted molar refractivity (Wildman–Crippen MR) is 160 cm³/mol. The van der Waals surface area contributed by atoms with Gasteiger partial charge in [-0.2, -0.15) is 0 Å². The van der Waals surface area contributed by atoms with E-state index in [1.807, 2.05) is 31.2 Å². The van der Waals surface area contributed by atoms with Gasteiger partial charge in [0.15, 0.2) is 0 Å². The molecule has 3 heterocycles. The van der Waals surface area contributed by atoms with E-state index in [0.717, 1.165) is 30.9 Å². The number of aliphatic hydroxyl groups excluding tert-OH is 1. The molecule has 0 aromatic heterocycles. The summed E-state index contributed by atoms with van der Waals surface area (Å²) in [6.07, 6.45) is 4.41. The Labute approximate surface area is 242 Å². The molecule has 0 radical (unpaired) electrons. The zero-order chi connectivity index (χ0) is 29.2. The van der Waals surface area contributed by atoms with Crippen LogP contribution in [0.15, 0.2) is 49.6 Å². The average molecular weight is 570 g/mol. The SMILES string of the molecule is C=CCOC(=O)[C@@H]1[C@H]2C(=O)N([C@@H](CC)CO)C(C(=O)N(CC=C)c3ccc(N(CC)CC)cc3)C23S[C@@H]1CC3C. The third kappa shape index (κ3) is 4.75. The first-order valence-electron chi connectivity index (χ1n) is 14.4. The number of carbonyl (C=O) groups excluding carboxylic acids is 3. The number of anilines is 2. The van der Waals surface area contributed by atoms with Crippen molar-refractivity contribution in [2.45, 2.75) is 62.6 Å². The van der Waals surface area contributed by atoms with Gasteiger partial charge < -0.3 is 24.5 Å². The molecule has 7 atom stereocenters. The predicted octanol–water partition coefficient (Wildman–Crippen LogP) is 3.89. The van der Waals surface area contributed by atoms with Gasteiger partial charge in [-0.15, -0.1) is 18.3 Å². The lowest BCUT2D eigenvalue weighted by Crippen LogP contribution is -2.59. The van der Waals surface area contributed by atoms with E-state index in [0.29, 0.717) is 6.42 Å². The summed E-state index contributed by atoms with van der Waals surface area (Å²) in [4.78, 5) is 47.8. The van der Waals surface area contributed by atoms with E-state index in [1.165, 1.54) is 6.08 Å². The molecule has 3 fully saturated rings. The Balaban J connectivity index is 1.79. The lowest BCUT2D eigenvalue weighted by atomic mass is 9.66. The minimum Gasteiger partial charge on any atom is -0.461 e. The van der Waals surface area contributed by atoms with E-state index in [-0.39, 0.29) is 42.7 Å². The second-order valence-corrected chi connectivity index (χ2v) is 12.4. The Morgan fingerprint density at radius 1 is 1.18 bits per heavy atom. The fourth-order valence-electron chi connectivity index (χ4n) is 7.08. The number of carbonyl (C=O) groups is 3. The highest BCUT2D eigenvalue weighted by molar-refractivity contribution is 8.02. The molecule has 0 aliphatic carbocycles. The van der Waals surface area contributed by atoms with E-state index in [1.54, 1.807) is 27.6 Å². The summed E-state index contributed by atoms with van der Waals surface area (Å²) in [5.41, 5.74) is 1.79. The number of benzene rings is 1. The van der Waals surface area contributed by atoms with Crippen molar-refractivity contribution < 1.29 is 24.2 Å². The number of hydrogen-bond acceptors (Lipinski definition) is 7. The number of thioether (sulfide) groups is 1. The lowest BCUT2D eigenvalue weighted by molar-refractivity contribution is -0.154. The number of fused-ring (bicyclic) bond motifs is 1. The summed E-state index contributed by atoms with van der Waals surface area (Å²) in [6, 6.07) is 6.54. The van der Waals surface area contributed by atoms with Gasteiger partial charge in [-0.3, -0.25) is 14.4 Å². The highest BCUT2D eigenvalue weighted by atomic mass is 32.2. The molecule has 1 spiro atoms. The van der Waals surface area contributed by atoms with Crippen molar-refractivity contribution in [3.63, 3.8) is 0 Å². The van der Waals surface area contributed by atoms with Crippen LogP contribution in [0.25, 0.3) is 0 Å². The maximum atomic E-state index is 14.7. The van der Waals surface area contributed by atoms with Crippen LogP contribution in [0.2, 0.25) is 0 Å². The van der Waals surface area contributed by atoms with E-state index in [2.05, 4.69) is 38.8 Å². The zero-order valence-corrected chi connectivity index (χ0v) is 24.9. The third-order valence-electron chi connectivity index (χ3n) is 8.98. The molecule has 3 aliphatic heterocycles. The number of hydrogen-bond donors (Lipinski definition) is 1. The second kappa shape index (κ2) is 12.4. The molecule has 40 heavy (non-hydrogen) atoms. The second-order valence-electron chi connectivity index (χ2n) is 10.9. The first kappa shape index (κ1) is 30.2. The van der Waals surface area contributed by atoms with Gasteiger partial charge in [-0.25, -0.2) is 0 Å². The molecule has 4 rings (SSSR count). The zero-order valence-electron chi connectivity index (χ0n) is 24.1. The van der Waals surface area contributed by atoms with Gasteiger partial charge >= 0.3 is 5.97 Å². The quantitative estimate of drug-likeness (QED) is 0.285. The first-order valence-corrected chi connectivity index (χ1v) is 15.3. The smallest absolute Gasteiger partial charge is 0.311 e. The molecule has 1 aromatic carbocycles. The summed E-state index contributed by atoms with van der Waals surface area (Å²) in [5.74, 6) is -2.16. The van der Waals surface area contributed by atoms with Gasteiger partial charge in [-0.1, -0.05) is 32.6 Å². The van der Waals surface area contributed by atoms with Crippen molar-refractivity contribution in [2.24, 2.45) is 17.8 Å². The molecule has 1 N–H and O–H groups in total. The van der Waals surface area contributed by atoms with Crippen LogP contribution < -0.4 is 9.80 Å². The Morgan fingerprint density at radius 2 is 1.82 bits per heavy atom. The summed E-state index contributed by atoms with van der Waals surface area (Å²) in [5, 5.41) is 10.2. The number of rotatable bonds is 13. The monoisotopic (exact) mass is 569 g/mol. The molecule has 1 aromatic rings. The molecule has 0 saturated carbocycles. The van der Waals surface area contributed by atoms with Gasteiger partial charge in [0, 0.05) is 36.3 Å². The number of esters is 1. The van der Waals surface area contributed by atoms with Gasteiger partial charge in [0.2, 0.25) is 5.91 Å². The van der Waals surface area contributed by atoms with Crippen LogP contribution in [0.5, 0.6) is 0 Å². The van der Waals surface area contributed by atoms with Gasteiger partial charge in [0.05, 0.1) is 29.2 Å². The molecular weight excluding hydrogens is 526 g/mol. The van der Waals surface area contributed by atoms with Gasteiger partial charge in [0.25, 0.3) is 5.91 Å². The van der Waals surface area contributed by atoms with E-state index in [9.17, 15) is 19.5 Å². The molecule has 218 valence electrons. The fourth-order valence-corrected chi connectivity index (χ4v) is 9.47. The number of amides is 2. The highest BCUT2D eigenvalue weighted by Crippen LogP contribution is 2.69. The summed E-state index contributed by atoms with van der Waals surface area (Å²) >= 11 is 1.60. The summed E-state index contributed by atoms with van der Waals surface area (Å²) < 4.78 is 4.67. The van der Waals surface area contributed by atoms with Crippen molar-refractivity contribution in [1.29, 1.82) is 0 Å². The van der Waals surface area contributed by atoms with Crippen molar-refractivity contribution in [3.8, 4) is 0 Å². The summed E-state index contributed by atoms with van der Waals surface area (Å²) in [6.45, 7) is 17.6. The number of nitrogens with zero attached hydrogens (tertiary/aromatic N) is 3. The fraction of sp³-hybridized carbons (Fsp3) is 0.581. The van der Waals surface area contributed by atoms with Crippen LogP contribution in [0.3, 0.4) is 0 Å². The maximum Gasteiger partial charge on any atom is 0.311 e. The molecule has 2 bridgehead atoms. The Kier molecular flexibility index (Phi) is 9.35. The third-order valence-corrected chi connectivity index (χ3v) is 11.1.